The van der Waals surface area contributed by atoms with Crippen LogP contribution in [0.1, 0.15) is 21.5 Å². The summed E-state index contributed by atoms with van der Waals surface area (Å²) in [6.07, 6.45) is 0. The highest BCUT2D eigenvalue weighted by atomic mass is 16.1. The van der Waals surface area contributed by atoms with Gasteiger partial charge in [0, 0.05) is 24.3 Å². The molecule has 0 aliphatic carbocycles. The highest BCUT2D eigenvalue weighted by Crippen LogP contribution is 2.26. The van der Waals surface area contributed by atoms with Crippen molar-refractivity contribution in [2.75, 3.05) is 29.0 Å². The Balaban J connectivity index is 1.84. The maximum Gasteiger partial charge on any atom is 0.255 e. The summed E-state index contributed by atoms with van der Waals surface area (Å²) in [6, 6.07) is 11.6. The topological polar surface area (TPSA) is 53.2 Å². The molecule has 1 heterocycles. The van der Waals surface area contributed by atoms with Crippen LogP contribution in [-0.4, -0.2) is 19.0 Å². The molecule has 0 unspecified atom stereocenters. The summed E-state index contributed by atoms with van der Waals surface area (Å²) >= 11 is 0. The van der Waals surface area contributed by atoms with Crippen molar-refractivity contribution in [2.45, 2.75) is 13.8 Å². The van der Waals surface area contributed by atoms with Gasteiger partial charge >= 0.3 is 0 Å². The molecule has 0 aromatic heterocycles. The molecule has 2 aromatic rings. The van der Waals surface area contributed by atoms with Crippen LogP contribution in [0.2, 0.25) is 0 Å². The van der Waals surface area contributed by atoms with Gasteiger partial charge < -0.3 is 16.0 Å². The molecule has 1 aliphatic heterocycles. The second-order valence-electron chi connectivity index (χ2n) is 5.32. The number of nitrogens with one attached hydrogen (secondary N) is 3. The Kier molecular flexibility index (Phi) is 3.52. The molecule has 0 atom stereocenters. The molecule has 0 spiro atoms. The molecule has 1 aliphatic rings. The molecular weight excluding hydrogens is 262 g/mol. The van der Waals surface area contributed by atoms with Crippen molar-refractivity contribution in [3.05, 3.63) is 53.1 Å². The summed E-state index contributed by atoms with van der Waals surface area (Å²) < 4.78 is 0. The Bertz CT molecular complexity index is 694. The summed E-state index contributed by atoms with van der Waals surface area (Å²) in [4.78, 5) is 12.4. The lowest BCUT2D eigenvalue weighted by atomic mass is 10.1. The summed E-state index contributed by atoms with van der Waals surface area (Å²) in [5, 5.41) is 9.59. The second kappa shape index (κ2) is 5.48. The first-order valence-electron chi connectivity index (χ1n) is 7.14. The summed E-state index contributed by atoms with van der Waals surface area (Å²) in [5.41, 5.74) is 5.82. The number of aryl methyl sites for hydroxylation is 1. The molecule has 1 amide bonds. The smallest absolute Gasteiger partial charge is 0.255 e. The van der Waals surface area contributed by atoms with Gasteiger partial charge in [-0.2, -0.15) is 0 Å². The zero-order valence-electron chi connectivity index (χ0n) is 12.3. The molecule has 3 rings (SSSR count). The standard InChI is InChI=1S/C17H19N3O/c1-11-4-3-5-14(12(11)2)20-17(21)13-6-7-15-16(10-13)19-9-8-18-15/h3-7,10,18-19H,8-9H2,1-2H3,(H,20,21). The number of hydrogen-bond donors (Lipinski definition) is 3. The van der Waals surface area contributed by atoms with Crippen molar-refractivity contribution in [1.82, 2.24) is 0 Å². The first-order valence-corrected chi connectivity index (χ1v) is 7.14. The highest BCUT2D eigenvalue weighted by Gasteiger charge is 2.13. The lowest BCUT2D eigenvalue weighted by molar-refractivity contribution is 0.102. The molecule has 0 saturated heterocycles. The normalized spacial score (nSPS) is 12.9. The molecule has 3 N–H and O–H groups in total. The summed E-state index contributed by atoms with van der Waals surface area (Å²) in [6.45, 7) is 5.83. The van der Waals surface area contributed by atoms with Gasteiger partial charge in [0.05, 0.1) is 11.4 Å². The fourth-order valence-corrected chi connectivity index (χ4v) is 2.46. The van der Waals surface area contributed by atoms with Crippen molar-refractivity contribution >= 4 is 23.0 Å². The Labute approximate surface area is 124 Å². The first kappa shape index (κ1) is 13.5. The SMILES string of the molecule is Cc1cccc(NC(=O)c2ccc3c(c2)NCCN3)c1C. The van der Waals surface area contributed by atoms with Crippen LogP contribution in [0.3, 0.4) is 0 Å². The average Bonchev–Trinajstić information content (AvgIpc) is 2.51. The Morgan fingerprint density at radius 2 is 1.81 bits per heavy atom. The predicted molar refractivity (Wildman–Crippen MR) is 87.3 cm³/mol. The minimum Gasteiger partial charge on any atom is -0.382 e. The number of anilines is 3. The van der Waals surface area contributed by atoms with Gasteiger partial charge in [0.1, 0.15) is 0 Å². The van der Waals surface area contributed by atoms with Crippen molar-refractivity contribution in [3.63, 3.8) is 0 Å². The fourth-order valence-electron chi connectivity index (χ4n) is 2.46. The van der Waals surface area contributed by atoms with E-state index in [-0.39, 0.29) is 5.91 Å². The van der Waals surface area contributed by atoms with Crippen LogP contribution >= 0.6 is 0 Å². The lowest BCUT2D eigenvalue weighted by Crippen LogP contribution is -2.21. The first-order chi connectivity index (χ1) is 10.1. The van der Waals surface area contributed by atoms with Gasteiger partial charge in [0.2, 0.25) is 0 Å². The Morgan fingerprint density at radius 1 is 1.05 bits per heavy atom. The third-order valence-electron chi connectivity index (χ3n) is 3.89. The third kappa shape index (κ3) is 2.70. The van der Waals surface area contributed by atoms with E-state index >= 15 is 0 Å². The Morgan fingerprint density at radius 3 is 2.62 bits per heavy atom. The number of hydrogen-bond acceptors (Lipinski definition) is 3. The second-order valence-corrected chi connectivity index (χ2v) is 5.32. The van der Waals surface area contributed by atoms with E-state index in [2.05, 4.69) is 16.0 Å². The molecule has 4 nitrogen and oxygen atoms in total. The number of benzene rings is 2. The maximum absolute atomic E-state index is 12.4. The zero-order valence-corrected chi connectivity index (χ0v) is 12.3. The van der Waals surface area contributed by atoms with Crippen LogP contribution in [0, 0.1) is 13.8 Å². The van der Waals surface area contributed by atoms with Crippen molar-refractivity contribution < 1.29 is 4.79 Å². The predicted octanol–water partition coefficient (Wildman–Crippen LogP) is 3.39. The number of carbonyl (C=O) groups excluding carboxylic acids is 1. The van der Waals surface area contributed by atoms with Gasteiger partial charge in [-0.3, -0.25) is 4.79 Å². The van der Waals surface area contributed by atoms with E-state index in [1.807, 2.05) is 50.2 Å². The van der Waals surface area contributed by atoms with Crippen LogP contribution in [0.25, 0.3) is 0 Å². The van der Waals surface area contributed by atoms with Crippen LogP contribution in [-0.2, 0) is 0 Å². The maximum atomic E-state index is 12.4. The number of carbonyl (C=O) groups is 1. The van der Waals surface area contributed by atoms with Crippen LogP contribution in [0.5, 0.6) is 0 Å². The highest BCUT2D eigenvalue weighted by molar-refractivity contribution is 6.05. The van der Waals surface area contributed by atoms with E-state index in [0.717, 1.165) is 35.7 Å². The minimum atomic E-state index is -0.0844. The van der Waals surface area contributed by atoms with Crippen molar-refractivity contribution in [1.29, 1.82) is 0 Å². The van der Waals surface area contributed by atoms with Gasteiger partial charge in [-0.05, 0) is 49.2 Å². The lowest BCUT2D eigenvalue weighted by Gasteiger charge is -2.20. The monoisotopic (exact) mass is 281 g/mol. The molecule has 0 saturated carbocycles. The van der Waals surface area contributed by atoms with Gasteiger partial charge in [0.25, 0.3) is 5.91 Å². The third-order valence-corrected chi connectivity index (χ3v) is 3.89. The van der Waals surface area contributed by atoms with Gasteiger partial charge in [-0.25, -0.2) is 0 Å². The molecule has 0 fully saturated rings. The number of fused-ring (bicyclic) bond motifs is 1. The molecule has 108 valence electrons. The van der Waals surface area contributed by atoms with Gasteiger partial charge in [0.15, 0.2) is 0 Å². The molecule has 2 aromatic carbocycles. The van der Waals surface area contributed by atoms with Gasteiger partial charge in [-0.15, -0.1) is 0 Å². The van der Waals surface area contributed by atoms with E-state index in [1.54, 1.807) is 0 Å². The molecular formula is C17H19N3O. The van der Waals surface area contributed by atoms with Crippen molar-refractivity contribution in [3.8, 4) is 0 Å². The molecule has 21 heavy (non-hydrogen) atoms. The van der Waals surface area contributed by atoms with E-state index < -0.39 is 0 Å². The quantitative estimate of drug-likeness (QED) is 0.791. The molecule has 0 radical (unpaired) electrons. The summed E-state index contributed by atoms with van der Waals surface area (Å²) in [7, 11) is 0. The van der Waals surface area contributed by atoms with Crippen molar-refractivity contribution in [2.24, 2.45) is 0 Å². The van der Waals surface area contributed by atoms with E-state index in [4.69, 9.17) is 0 Å². The minimum absolute atomic E-state index is 0.0844. The van der Waals surface area contributed by atoms with Crippen LogP contribution < -0.4 is 16.0 Å². The fraction of sp³-hybridized carbons (Fsp3) is 0.235. The van der Waals surface area contributed by atoms with Gasteiger partial charge in [-0.1, -0.05) is 12.1 Å². The largest absolute Gasteiger partial charge is 0.382 e. The Hall–Kier alpha value is -2.49. The number of rotatable bonds is 2. The van der Waals surface area contributed by atoms with Crippen LogP contribution in [0.15, 0.2) is 36.4 Å². The average molecular weight is 281 g/mol. The van der Waals surface area contributed by atoms with Crippen LogP contribution in [0.4, 0.5) is 17.1 Å². The van der Waals surface area contributed by atoms with E-state index in [0.29, 0.717) is 5.56 Å². The van der Waals surface area contributed by atoms with E-state index in [1.165, 1.54) is 5.56 Å². The zero-order chi connectivity index (χ0) is 14.8. The summed E-state index contributed by atoms with van der Waals surface area (Å²) in [5.74, 6) is -0.0844. The molecule has 0 bridgehead atoms. The van der Waals surface area contributed by atoms with E-state index in [9.17, 15) is 4.79 Å². The number of amides is 1. The molecule has 4 heteroatoms.